The molecule has 0 atom stereocenters. The van der Waals surface area contributed by atoms with Gasteiger partial charge in [-0.15, -0.1) is 0 Å². The lowest BCUT2D eigenvalue weighted by Gasteiger charge is -2.16. The molecule has 5 nitrogen and oxygen atoms in total. The molecule has 0 N–H and O–H groups in total. The average Bonchev–Trinajstić information content (AvgIpc) is 3.31. The van der Waals surface area contributed by atoms with E-state index in [1.54, 1.807) is 29.2 Å². The first-order valence-corrected chi connectivity index (χ1v) is 13.4. The molecule has 188 valence electrons. The molecule has 0 radical (unpaired) electrons. The molecule has 4 aromatic rings. The second-order valence-electron chi connectivity index (χ2n) is 9.02. The van der Waals surface area contributed by atoms with Crippen molar-refractivity contribution in [3.8, 4) is 5.75 Å². The first-order chi connectivity index (χ1) is 17.7. The predicted octanol–water partition coefficient (Wildman–Crippen LogP) is 7.36. The van der Waals surface area contributed by atoms with Gasteiger partial charge in [0.15, 0.2) is 5.11 Å². The summed E-state index contributed by atoms with van der Waals surface area (Å²) in [6.07, 6.45) is 3.96. The molecular formula is C29H25BrClN3O2S. The lowest BCUT2D eigenvalue weighted by Crippen LogP contribution is -2.31. The number of thiocarbonyl (C=S) groups is 1. The highest BCUT2D eigenvalue weighted by Gasteiger charge is 2.37. The summed E-state index contributed by atoms with van der Waals surface area (Å²) in [6.45, 7) is 5.35. The normalized spacial score (nSPS) is 14.9. The van der Waals surface area contributed by atoms with E-state index in [1.807, 2.05) is 25.3 Å². The van der Waals surface area contributed by atoms with Crippen LogP contribution in [0.3, 0.4) is 0 Å². The van der Waals surface area contributed by atoms with Crippen molar-refractivity contribution in [2.75, 3.05) is 18.6 Å². The smallest absolute Gasteiger partial charge is 0.281 e. The molecule has 8 heteroatoms. The average molecular weight is 595 g/mol. The summed E-state index contributed by atoms with van der Waals surface area (Å²) in [4.78, 5) is 16.7. The number of anilines is 1. The van der Waals surface area contributed by atoms with Crippen molar-refractivity contribution in [1.29, 1.82) is 0 Å². The highest BCUT2D eigenvalue weighted by Crippen LogP contribution is 2.32. The third-order valence-corrected chi connectivity index (χ3v) is 7.79. The van der Waals surface area contributed by atoms with Gasteiger partial charge in [-0.1, -0.05) is 33.6 Å². The van der Waals surface area contributed by atoms with Crippen molar-refractivity contribution >= 4 is 73.4 Å². The maximum atomic E-state index is 13.5. The van der Waals surface area contributed by atoms with Crippen LogP contribution in [0, 0.1) is 13.8 Å². The number of amides is 1. The summed E-state index contributed by atoms with van der Waals surface area (Å²) in [6, 6.07) is 19.4. The van der Waals surface area contributed by atoms with Gasteiger partial charge in [-0.2, -0.15) is 0 Å². The van der Waals surface area contributed by atoms with Crippen molar-refractivity contribution in [3.05, 3.63) is 98.7 Å². The van der Waals surface area contributed by atoms with Gasteiger partial charge in [-0.3, -0.25) is 9.69 Å². The van der Waals surface area contributed by atoms with Crippen LogP contribution >= 0.6 is 39.7 Å². The molecule has 0 spiro atoms. The standard InChI is InChI=1S/C29H25BrClN3O2S/c1-18-4-10-24(14-19(18)2)36-13-12-33-17-20(25-16-21(30)5-11-26(25)33)15-27-28(35)34(29(37)32(27)3)23-8-6-22(31)7-9-23/h4-11,14-17H,12-13H2,1-3H3/b27-15-. The first-order valence-electron chi connectivity index (χ1n) is 11.8. The van der Waals surface area contributed by atoms with Crippen molar-refractivity contribution < 1.29 is 9.53 Å². The van der Waals surface area contributed by atoms with E-state index in [1.165, 1.54) is 16.0 Å². The van der Waals surface area contributed by atoms with Crippen molar-refractivity contribution in [1.82, 2.24) is 9.47 Å². The fourth-order valence-electron chi connectivity index (χ4n) is 4.38. The van der Waals surface area contributed by atoms with E-state index in [0.29, 0.717) is 34.7 Å². The number of fused-ring (bicyclic) bond motifs is 1. The Labute approximate surface area is 235 Å². The highest BCUT2D eigenvalue weighted by molar-refractivity contribution is 9.10. The van der Waals surface area contributed by atoms with Crippen LogP contribution in [0.1, 0.15) is 16.7 Å². The Morgan fingerprint density at radius 2 is 1.78 bits per heavy atom. The number of carbonyl (C=O) groups excluding carboxylic acids is 1. The van der Waals surface area contributed by atoms with E-state index in [2.05, 4.69) is 64.8 Å². The van der Waals surface area contributed by atoms with E-state index in [0.717, 1.165) is 26.7 Å². The number of aromatic nitrogens is 1. The third-order valence-electron chi connectivity index (χ3n) is 6.59. The molecule has 1 saturated heterocycles. The van der Waals surface area contributed by atoms with Gasteiger partial charge in [0.1, 0.15) is 18.1 Å². The van der Waals surface area contributed by atoms with Gasteiger partial charge < -0.3 is 14.2 Å². The van der Waals surface area contributed by atoms with Crippen LogP contribution in [0.2, 0.25) is 5.02 Å². The molecule has 37 heavy (non-hydrogen) atoms. The molecule has 1 aromatic heterocycles. The maximum absolute atomic E-state index is 13.5. The van der Waals surface area contributed by atoms with E-state index in [9.17, 15) is 4.79 Å². The minimum atomic E-state index is -0.177. The van der Waals surface area contributed by atoms with Gasteiger partial charge in [0.25, 0.3) is 5.91 Å². The summed E-state index contributed by atoms with van der Waals surface area (Å²) in [5.74, 6) is 0.683. The minimum absolute atomic E-state index is 0.177. The molecule has 3 aromatic carbocycles. The van der Waals surface area contributed by atoms with Crippen molar-refractivity contribution in [2.24, 2.45) is 0 Å². The van der Waals surface area contributed by atoms with E-state index < -0.39 is 0 Å². The molecule has 5 rings (SSSR count). The minimum Gasteiger partial charge on any atom is -0.492 e. The third kappa shape index (κ3) is 5.04. The zero-order valence-electron chi connectivity index (χ0n) is 20.7. The SMILES string of the molecule is Cc1ccc(OCCn2cc(/C=C3/C(=O)N(c4ccc(Cl)cc4)C(=S)N3C)c3cc(Br)ccc32)cc1C. The van der Waals surface area contributed by atoms with Crippen LogP contribution in [-0.4, -0.2) is 34.1 Å². The highest BCUT2D eigenvalue weighted by atomic mass is 79.9. The van der Waals surface area contributed by atoms with Crippen LogP contribution in [0.5, 0.6) is 5.75 Å². The maximum Gasteiger partial charge on any atom is 0.281 e. The van der Waals surface area contributed by atoms with Gasteiger partial charge in [-0.25, -0.2) is 0 Å². The first kappa shape index (κ1) is 25.5. The van der Waals surface area contributed by atoms with E-state index in [4.69, 9.17) is 28.6 Å². The summed E-state index contributed by atoms with van der Waals surface area (Å²) >= 11 is 15.2. The van der Waals surface area contributed by atoms with Crippen LogP contribution in [0.25, 0.3) is 17.0 Å². The fraction of sp³-hybridized carbons (Fsp3) is 0.172. The molecular weight excluding hydrogens is 570 g/mol. The second kappa shape index (κ2) is 10.3. The Morgan fingerprint density at radius 1 is 1.03 bits per heavy atom. The number of likely N-dealkylation sites (N-methyl/N-ethyl adjacent to an activating group) is 1. The number of benzene rings is 3. The summed E-state index contributed by atoms with van der Waals surface area (Å²) in [5, 5.41) is 2.06. The second-order valence-corrected chi connectivity index (χ2v) is 10.7. The molecule has 0 bridgehead atoms. The summed E-state index contributed by atoms with van der Waals surface area (Å²) in [5.41, 5.74) is 5.63. The Morgan fingerprint density at radius 3 is 2.51 bits per heavy atom. The van der Waals surface area contributed by atoms with Gasteiger partial charge in [0, 0.05) is 39.2 Å². The summed E-state index contributed by atoms with van der Waals surface area (Å²) in [7, 11) is 1.81. The molecule has 0 unspecified atom stereocenters. The lowest BCUT2D eigenvalue weighted by molar-refractivity contribution is -0.114. The largest absolute Gasteiger partial charge is 0.492 e. The molecule has 2 heterocycles. The summed E-state index contributed by atoms with van der Waals surface area (Å²) < 4.78 is 9.16. The van der Waals surface area contributed by atoms with Gasteiger partial charge in [-0.05, 0) is 97.9 Å². The van der Waals surface area contributed by atoms with Crippen LogP contribution in [-0.2, 0) is 11.3 Å². The predicted molar refractivity (Wildman–Crippen MR) is 158 cm³/mol. The Balaban J connectivity index is 1.45. The van der Waals surface area contributed by atoms with E-state index >= 15 is 0 Å². The number of ether oxygens (including phenoxy) is 1. The topological polar surface area (TPSA) is 37.7 Å². The number of rotatable bonds is 6. The number of aryl methyl sites for hydroxylation is 2. The Bertz CT molecular complexity index is 1560. The quantitative estimate of drug-likeness (QED) is 0.173. The zero-order valence-corrected chi connectivity index (χ0v) is 23.8. The molecule has 1 fully saturated rings. The molecule has 0 aliphatic carbocycles. The number of hydrogen-bond donors (Lipinski definition) is 0. The Kier molecular flexibility index (Phi) is 7.12. The molecule has 1 aliphatic heterocycles. The number of carbonyl (C=O) groups is 1. The lowest BCUT2D eigenvalue weighted by atomic mass is 10.1. The van der Waals surface area contributed by atoms with Gasteiger partial charge in [0.2, 0.25) is 0 Å². The van der Waals surface area contributed by atoms with Gasteiger partial charge >= 0.3 is 0 Å². The number of nitrogens with zero attached hydrogens (tertiary/aromatic N) is 3. The molecule has 0 saturated carbocycles. The monoisotopic (exact) mass is 593 g/mol. The van der Waals surface area contributed by atoms with Crippen molar-refractivity contribution in [2.45, 2.75) is 20.4 Å². The number of halogens is 2. The zero-order chi connectivity index (χ0) is 26.3. The fourth-order valence-corrected chi connectivity index (χ4v) is 5.16. The van der Waals surface area contributed by atoms with Crippen LogP contribution in [0.15, 0.2) is 77.0 Å². The van der Waals surface area contributed by atoms with Gasteiger partial charge in [0.05, 0.1) is 12.2 Å². The molecule has 1 amide bonds. The van der Waals surface area contributed by atoms with Crippen molar-refractivity contribution in [3.63, 3.8) is 0 Å². The van der Waals surface area contributed by atoms with E-state index in [-0.39, 0.29) is 5.91 Å². The van der Waals surface area contributed by atoms with Crippen LogP contribution < -0.4 is 9.64 Å². The molecule has 1 aliphatic rings. The number of hydrogen-bond acceptors (Lipinski definition) is 3. The van der Waals surface area contributed by atoms with Crippen LogP contribution in [0.4, 0.5) is 5.69 Å². The Hall–Kier alpha value is -3.13.